The number of aliphatic hydroxyl groups excluding tert-OH is 1. The minimum Gasteiger partial charge on any atom is -0.387 e. The van der Waals surface area contributed by atoms with E-state index in [1.165, 1.54) is 18.4 Å². The van der Waals surface area contributed by atoms with Gasteiger partial charge in [-0.25, -0.2) is 0 Å². The van der Waals surface area contributed by atoms with Crippen LogP contribution in [0.1, 0.15) is 30.1 Å². The summed E-state index contributed by atoms with van der Waals surface area (Å²) in [5, 5.41) is 10.4. The van der Waals surface area contributed by atoms with Crippen LogP contribution in [-0.4, -0.2) is 34.1 Å². The second-order valence-corrected chi connectivity index (χ2v) is 5.76. The van der Waals surface area contributed by atoms with E-state index in [2.05, 4.69) is 22.0 Å². The molecule has 21 heavy (non-hydrogen) atoms. The topological polar surface area (TPSA) is 36.4 Å². The van der Waals surface area contributed by atoms with Gasteiger partial charge in [-0.15, -0.1) is 0 Å². The molecule has 1 aromatic carbocycles. The molecule has 110 valence electrons. The van der Waals surface area contributed by atoms with Crippen LogP contribution in [0.3, 0.4) is 0 Å². The zero-order chi connectivity index (χ0) is 14.5. The second kappa shape index (κ2) is 6.83. The molecule has 2 aromatic rings. The zero-order valence-electron chi connectivity index (χ0n) is 12.2. The van der Waals surface area contributed by atoms with Gasteiger partial charge in [-0.2, -0.15) is 0 Å². The fraction of sp³-hybridized carbons (Fsp3) is 0.389. The second-order valence-electron chi connectivity index (χ2n) is 5.76. The molecule has 3 nitrogen and oxygen atoms in total. The monoisotopic (exact) mass is 282 g/mol. The number of aliphatic hydroxyl groups is 1. The lowest BCUT2D eigenvalue weighted by Crippen LogP contribution is -2.32. The van der Waals surface area contributed by atoms with Gasteiger partial charge in [0, 0.05) is 31.5 Å². The van der Waals surface area contributed by atoms with Gasteiger partial charge in [-0.3, -0.25) is 9.88 Å². The molecule has 1 aliphatic rings. The van der Waals surface area contributed by atoms with Crippen molar-refractivity contribution in [2.45, 2.75) is 31.4 Å². The van der Waals surface area contributed by atoms with Gasteiger partial charge >= 0.3 is 0 Å². The average Bonchev–Trinajstić information content (AvgIpc) is 3.38. The first kappa shape index (κ1) is 14.2. The Labute approximate surface area is 126 Å². The Morgan fingerprint density at radius 2 is 1.81 bits per heavy atom. The summed E-state index contributed by atoms with van der Waals surface area (Å²) in [4.78, 5) is 6.48. The molecular weight excluding hydrogens is 260 g/mol. The molecule has 0 amide bonds. The van der Waals surface area contributed by atoms with Gasteiger partial charge in [0.1, 0.15) is 0 Å². The summed E-state index contributed by atoms with van der Waals surface area (Å²) in [6.07, 6.45) is 6.82. The van der Waals surface area contributed by atoms with Crippen LogP contribution in [0.5, 0.6) is 0 Å². The highest BCUT2D eigenvalue weighted by atomic mass is 16.3. The number of nitrogens with zero attached hydrogens (tertiary/aromatic N) is 2. The largest absolute Gasteiger partial charge is 0.387 e. The van der Waals surface area contributed by atoms with Crippen LogP contribution in [0.2, 0.25) is 0 Å². The summed E-state index contributed by atoms with van der Waals surface area (Å²) in [5.41, 5.74) is 2.32. The molecule has 0 bridgehead atoms. The van der Waals surface area contributed by atoms with Crippen molar-refractivity contribution in [2.75, 3.05) is 13.1 Å². The Morgan fingerprint density at radius 1 is 1.10 bits per heavy atom. The van der Waals surface area contributed by atoms with Crippen LogP contribution in [0.25, 0.3) is 0 Å². The summed E-state index contributed by atoms with van der Waals surface area (Å²) < 4.78 is 0. The number of hydrogen-bond acceptors (Lipinski definition) is 3. The van der Waals surface area contributed by atoms with Gasteiger partial charge in [0.05, 0.1) is 6.10 Å². The maximum atomic E-state index is 10.4. The van der Waals surface area contributed by atoms with E-state index in [0.717, 1.165) is 25.1 Å². The fourth-order valence-electron chi connectivity index (χ4n) is 2.69. The summed E-state index contributed by atoms with van der Waals surface area (Å²) in [6.45, 7) is 1.72. The van der Waals surface area contributed by atoms with Gasteiger partial charge in [0.2, 0.25) is 0 Å². The quantitative estimate of drug-likeness (QED) is 0.848. The van der Waals surface area contributed by atoms with Gasteiger partial charge in [-0.1, -0.05) is 30.3 Å². The van der Waals surface area contributed by atoms with Crippen molar-refractivity contribution in [3.63, 3.8) is 0 Å². The number of benzene rings is 1. The van der Waals surface area contributed by atoms with Crippen LogP contribution in [-0.2, 0) is 6.42 Å². The lowest BCUT2D eigenvalue weighted by Gasteiger charge is -2.25. The third kappa shape index (κ3) is 4.13. The highest BCUT2D eigenvalue weighted by Gasteiger charge is 2.30. The van der Waals surface area contributed by atoms with Gasteiger partial charge in [0.15, 0.2) is 0 Å². The average molecular weight is 282 g/mol. The van der Waals surface area contributed by atoms with Crippen molar-refractivity contribution in [1.82, 2.24) is 9.88 Å². The lowest BCUT2D eigenvalue weighted by atomic mass is 10.1. The van der Waals surface area contributed by atoms with Crippen molar-refractivity contribution in [2.24, 2.45) is 0 Å². The summed E-state index contributed by atoms with van der Waals surface area (Å²) in [5.74, 6) is 0. The first-order chi connectivity index (χ1) is 10.3. The molecular formula is C18H22N2O. The zero-order valence-corrected chi connectivity index (χ0v) is 12.2. The van der Waals surface area contributed by atoms with Crippen molar-refractivity contribution in [1.29, 1.82) is 0 Å². The standard InChI is InChI=1S/C18H22N2O/c21-18(16-4-2-1-3-5-16)14-20(17-6-7-17)13-10-15-8-11-19-12-9-15/h1-5,8-9,11-12,17-18,21H,6-7,10,13-14H2/t18-/m0/s1. The summed E-state index contributed by atoms with van der Waals surface area (Å²) in [6, 6.07) is 14.7. The predicted octanol–water partition coefficient (Wildman–Crippen LogP) is 2.82. The van der Waals surface area contributed by atoms with Crippen molar-refractivity contribution in [3.8, 4) is 0 Å². The molecule has 0 spiro atoms. The SMILES string of the molecule is O[C@@H](CN(CCc1ccncc1)C1CC1)c1ccccc1. The molecule has 1 fully saturated rings. The molecule has 0 aliphatic heterocycles. The molecule has 0 radical (unpaired) electrons. The normalized spacial score (nSPS) is 16.1. The number of hydrogen-bond donors (Lipinski definition) is 1. The molecule has 1 heterocycles. The van der Waals surface area contributed by atoms with E-state index in [-0.39, 0.29) is 0 Å². The third-order valence-corrected chi connectivity index (χ3v) is 4.09. The first-order valence-electron chi connectivity index (χ1n) is 7.69. The maximum absolute atomic E-state index is 10.4. The van der Waals surface area contributed by atoms with Crippen LogP contribution in [0.15, 0.2) is 54.9 Å². The van der Waals surface area contributed by atoms with E-state index in [0.29, 0.717) is 6.04 Å². The lowest BCUT2D eigenvalue weighted by molar-refractivity contribution is 0.109. The Balaban J connectivity index is 1.57. The molecule has 1 aliphatic carbocycles. The Bertz CT molecular complexity index is 540. The van der Waals surface area contributed by atoms with Crippen LogP contribution >= 0.6 is 0 Å². The van der Waals surface area contributed by atoms with Gasteiger partial charge in [0.25, 0.3) is 0 Å². The number of pyridine rings is 1. The molecule has 1 N–H and O–H groups in total. The van der Waals surface area contributed by atoms with Crippen molar-refractivity contribution >= 4 is 0 Å². The molecule has 1 saturated carbocycles. The van der Waals surface area contributed by atoms with Crippen LogP contribution in [0, 0.1) is 0 Å². The van der Waals surface area contributed by atoms with Crippen molar-refractivity contribution in [3.05, 3.63) is 66.0 Å². The van der Waals surface area contributed by atoms with E-state index >= 15 is 0 Å². The maximum Gasteiger partial charge on any atom is 0.0917 e. The number of aromatic nitrogens is 1. The highest BCUT2D eigenvalue weighted by Crippen LogP contribution is 2.29. The third-order valence-electron chi connectivity index (χ3n) is 4.09. The molecule has 0 unspecified atom stereocenters. The van der Waals surface area contributed by atoms with Crippen LogP contribution in [0.4, 0.5) is 0 Å². The van der Waals surface area contributed by atoms with Crippen LogP contribution < -0.4 is 0 Å². The van der Waals surface area contributed by atoms with Gasteiger partial charge < -0.3 is 5.11 Å². The fourth-order valence-corrected chi connectivity index (χ4v) is 2.69. The minimum atomic E-state index is -0.399. The first-order valence-corrected chi connectivity index (χ1v) is 7.69. The highest BCUT2D eigenvalue weighted by molar-refractivity contribution is 5.18. The Kier molecular flexibility index (Phi) is 4.63. The van der Waals surface area contributed by atoms with E-state index in [1.54, 1.807) is 0 Å². The molecule has 1 atom stereocenters. The number of rotatable bonds is 7. The van der Waals surface area contributed by atoms with E-state index < -0.39 is 6.10 Å². The molecule has 3 heteroatoms. The molecule has 0 saturated heterocycles. The van der Waals surface area contributed by atoms with Crippen molar-refractivity contribution < 1.29 is 5.11 Å². The smallest absolute Gasteiger partial charge is 0.0917 e. The van der Waals surface area contributed by atoms with Gasteiger partial charge in [-0.05, 0) is 42.5 Å². The summed E-state index contributed by atoms with van der Waals surface area (Å²) in [7, 11) is 0. The molecule has 1 aromatic heterocycles. The minimum absolute atomic E-state index is 0.399. The molecule has 3 rings (SSSR count). The van der Waals surface area contributed by atoms with E-state index in [9.17, 15) is 5.11 Å². The Hall–Kier alpha value is -1.71. The predicted molar refractivity (Wildman–Crippen MR) is 83.9 cm³/mol. The van der Waals surface area contributed by atoms with E-state index in [1.807, 2.05) is 42.7 Å². The van der Waals surface area contributed by atoms with E-state index in [4.69, 9.17) is 0 Å². The Morgan fingerprint density at radius 3 is 2.48 bits per heavy atom. The summed E-state index contributed by atoms with van der Waals surface area (Å²) >= 11 is 0.